The maximum absolute atomic E-state index is 2.72. The molecule has 4 unspecified atom stereocenters. The van der Waals surface area contributed by atoms with E-state index in [0.717, 1.165) is 12.8 Å². The summed E-state index contributed by atoms with van der Waals surface area (Å²) in [6, 6.07) is 32.9. The summed E-state index contributed by atoms with van der Waals surface area (Å²) in [5.41, 5.74) is 18.6. The molecule has 0 saturated carbocycles. The van der Waals surface area contributed by atoms with Gasteiger partial charge in [-0.2, -0.15) is 0 Å². The molecule has 4 aromatic rings. The van der Waals surface area contributed by atoms with Crippen LogP contribution in [0.5, 0.6) is 0 Å². The van der Waals surface area contributed by atoms with Gasteiger partial charge in [0.25, 0.3) is 0 Å². The van der Waals surface area contributed by atoms with Crippen LogP contribution >= 0.6 is 0 Å². The third kappa shape index (κ3) is 5.88. The molecule has 0 nitrogen and oxygen atoms in total. The van der Waals surface area contributed by atoms with Gasteiger partial charge in [0.15, 0.2) is 0 Å². The molecular weight excluding hydrogens is 648 g/mol. The molecular formula is C44H53SiZr. The number of hydrogen-bond acceptors (Lipinski definition) is 0. The first kappa shape index (κ1) is 33.4. The number of allylic oxidation sites excluding steroid dienone is 2. The molecule has 0 aliphatic heterocycles. The third-order valence-electron chi connectivity index (χ3n) is 11.3. The van der Waals surface area contributed by atoms with E-state index in [1.54, 1.807) is 22.3 Å². The summed E-state index contributed by atoms with van der Waals surface area (Å²) >= 11 is -2.25. The fourth-order valence-electron chi connectivity index (χ4n) is 8.41. The quantitative estimate of drug-likeness (QED) is 0.137. The zero-order valence-electron chi connectivity index (χ0n) is 29.5. The van der Waals surface area contributed by atoms with E-state index in [-0.39, 0.29) is 0 Å². The molecule has 4 atom stereocenters. The van der Waals surface area contributed by atoms with E-state index >= 15 is 0 Å². The average Bonchev–Trinajstić information content (AvgIpc) is 3.67. The van der Waals surface area contributed by atoms with E-state index in [9.17, 15) is 0 Å². The van der Waals surface area contributed by atoms with Gasteiger partial charge < -0.3 is 0 Å². The van der Waals surface area contributed by atoms with E-state index < -0.39 is 26.8 Å². The molecule has 2 aliphatic rings. The van der Waals surface area contributed by atoms with Gasteiger partial charge in [-0.15, -0.1) is 0 Å². The zero-order valence-corrected chi connectivity index (χ0v) is 33.1. The molecule has 0 N–H and O–H groups in total. The first-order valence-electron chi connectivity index (χ1n) is 18.1. The number of rotatable bonds is 11. The second-order valence-electron chi connectivity index (χ2n) is 14.1. The van der Waals surface area contributed by atoms with Crippen LogP contribution in [0.4, 0.5) is 0 Å². The standard InChI is InChI=1S/2C21H23.C2H7Si.Zr/c2*1-4-15(3)18-13-17-10-8-12-20(21(17)14-18)19-11-7-6-9-16(19)5-2;1-3-2;/h2*6-15H,4-5H2,1-3H3;3H,1-2H3;. The first-order chi connectivity index (χ1) is 22.3. The van der Waals surface area contributed by atoms with Gasteiger partial charge in [-0.25, -0.2) is 0 Å². The van der Waals surface area contributed by atoms with Gasteiger partial charge in [-0.1, -0.05) is 0 Å². The number of benzene rings is 4. The number of aryl methyl sites for hydroxylation is 2. The molecule has 237 valence electrons. The molecule has 0 radical (unpaired) electrons. The first-order valence-corrected chi connectivity index (χ1v) is 28.0. The van der Waals surface area contributed by atoms with Gasteiger partial charge in [-0.3, -0.25) is 0 Å². The maximum atomic E-state index is 2.72. The van der Waals surface area contributed by atoms with Crippen molar-refractivity contribution in [2.75, 3.05) is 0 Å². The predicted molar refractivity (Wildman–Crippen MR) is 202 cm³/mol. The Kier molecular flexibility index (Phi) is 10.4. The molecule has 46 heavy (non-hydrogen) atoms. The van der Waals surface area contributed by atoms with Crippen molar-refractivity contribution in [3.63, 3.8) is 0 Å². The molecule has 0 heterocycles. The second kappa shape index (κ2) is 14.3. The van der Waals surface area contributed by atoms with E-state index in [0.29, 0.717) is 19.1 Å². The Balaban J connectivity index is 1.57. The molecule has 2 heteroatoms. The summed E-state index contributed by atoms with van der Waals surface area (Å²) in [4.78, 5) is 0. The van der Waals surface area contributed by atoms with Crippen molar-refractivity contribution < 1.29 is 20.9 Å². The van der Waals surface area contributed by atoms with Crippen molar-refractivity contribution in [1.82, 2.24) is 0 Å². The van der Waals surface area contributed by atoms with Crippen LogP contribution in [0, 0.1) is 11.8 Å². The monoisotopic (exact) mass is 699 g/mol. The Morgan fingerprint density at radius 1 is 0.543 bits per heavy atom. The van der Waals surface area contributed by atoms with Crippen LogP contribution in [0.1, 0.15) is 95.0 Å². The van der Waals surface area contributed by atoms with Crippen molar-refractivity contribution in [3.05, 3.63) is 129 Å². The van der Waals surface area contributed by atoms with Gasteiger partial charge in [0.1, 0.15) is 0 Å². The van der Waals surface area contributed by atoms with Crippen LogP contribution in [0.15, 0.2) is 96.1 Å². The summed E-state index contributed by atoms with van der Waals surface area (Å²) in [6.07, 6.45) is 9.95. The molecule has 0 bridgehead atoms. The molecule has 4 aromatic carbocycles. The van der Waals surface area contributed by atoms with Crippen LogP contribution < -0.4 is 0 Å². The molecule has 0 aromatic heterocycles. The molecule has 0 saturated heterocycles. The molecule has 0 amide bonds. The fourth-order valence-corrected chi connectivity index (χ4v) is 31.5. The molecule has 0 fully saturated rings. The van der Waals surface area contributed by atoms with Crippen molar-refractivity contribution >= 4 is 18.1 Å². The Labute approximate surface area is 288 Å². The van der Waals surface area contributed by atoms with Crippen LogP contribution in [-0.2, 0) is 33.8 Å². The van der Waals surface area contributed by atoms with Crippen molar-refractivity contribution in [2.24, 2.45) is 11.8 Å². The van der Waals surface area contributed by atoms with Gasteiger partial charge in [0, 0.05) is 0 Å². The van der Waals surface area contributed by atoms with E-state index in [1.807, 2.05) is 0 Å². The minimum absolute atomic E-state index is 0.606. The minimum atomic E-state index is -2.25. The summed E-state index contributed by atoms with van der Waals surface area (Å²) in [5, 5.41) is 0. The topological polar surface area (TPSA) is 0 Å². The van der Waals surface area contributed by atoms with E-state index in [2.05, 4.69) is 152 Å². The Morgan fingerprint density at radius 3 is 1.30 bits per heavy atom. The van der Waals surface area contributed by atoms with E-state index in [4.69, 9.17) is 0 Å². The van der Waals surface area contributed by atoms with Gasteiger partial charge in [-0.05, 0) is 0 Å². The van der Waals surface area contributed by atoms with Crippen molar-refractivity contribution in [1.29, 1.82) is 0 Å². The van der Waals surface area contributed by atoms with Gasteiger partial charge in [0.2, 0.25) is 0 Å². The van der Waals surface area contributed by atoms with Crippen molar-refractivity contribution in [2.45, 2.75) is 87.6 Å². The van der Waals surface area contributed by atoms with Crippen molar-refractivity contribution in [3.8, 4) is 22.3 Å². The average molecular weight is 701 g/mol. The van der Waals surface area contributed by atoms with Crippen LogP contribution in [0.25, 0.3) is 34.4 Å². The Bertz CT molecular complexity index is 1650. The Hall–Kier alpha value is -2.54. The van der Waals surface area contributed by atoms with Gasteiger partial charge >= 0.3 is 290 Å². The summed E-state index contributed by atoms with van der Waals surface area (Å²) < 4.78 is 1.31. The van der Waals surface area contributed by atoms with E-state index in [1.165, 1.54) is 57.3 Å². The zero-order chi connectivity index (χ0) is 32.5. The summed E-state index contributed by atoms with van der Waals surface area (Å²) in [7, 11) is 0. The van der Waals surface area contributed by atoms with Crippen LogP contribution in [0.3, 0.4) is 0 Å². The van der Waals surface area contributed by atoms with Gasteiger partial charge in [0.05, 0.1) is 0 Å². The normalized spacial score (nSPS) is 18.2. The molecule has 6 rings (SSSR count). The summed E-state index contributed by atoms with van der Waals surface area (Å²) in [5.74, 6) is 0.226. The van der Waals surface area contributed by atoms with Crippen LogP contribution in [0.2, 0.25) is 13.1 Å². The molecule has 0 spiro atoms. The SMILES string of the molecule is CCc1ccccc1-c1cccc2c1C=C(C(C)CC)[CH]2[Zr]([CH]1C(C(C)CC)=Cc2c(-c3ccccc3CC)cccc21)[SiH](C)C. The van der Waals surface area contributed by atoms with Crippen LogP contribution in [-0.4, -0.2) is 5.92 Å². The number of hydrogen-bond donors (Lipinski definition) is 0. The predicted octanol–water partition coefficient (Wildman–Crippen LogP) is 12.4. The fraction of sp³-hybridized carbons (Fsp3) is 0.364. The second-order valence-corrected chi connectivity index (χ2v) is 34.1. The number of fused-ring (bicyclic) bond motifs is 2. The molecule has 2 aliphatic carbocycles. The Morgan fingerprint density at radius 2 is 0.935 bits per heavy atom. The summed E-state index contributed by atoms with van der Waals surface area (Å²) in [6.45, 7) is 19.9. The third-order valence-corrected chi connectivity index (χ3v) is 32.8.